The first-order chi connectivity index (χ1) is 62.6. The number of hydrogen-bond donors (Lipinski definition) is 0. The molecule has 0 amide bonds. The minimum absolute atomic E-state index is 0.962. The van der Waals surface area contributed by atoms with E-state index in [0.717, 1.165) is 11.2 Å². The Morgan fingerprint density at radius 2 is 0.370 bits per heavy atom. The topological polar surface area (TPSA) is 13.1 Å². The van der Waals surface area contributed by atoms with Gasteiger partial charge in [-0.05, 0) is 142 Å². The van der Waals surface area contributed by atoms with Crippen LogP contribution in [0.15, 0.2) is 441 Å². The summed E-state index contributed by atoms with van der Waals surface area (Å²) in [5.41, 5.74) is 20.2. The summed E-state index contributed by atoms with van der Waals surface area (Å²) in [5.74, 6) is 0. The summed E-state index contributed by atoms with van der Waals surface area (Å²) in [6, 6.07) is 151. The van der Waals surface area contributed by atoms with Crippen molar-refractivity contribution >= 4 is 54.3 Å². The lowest BCUT2D eigenvalue weighted by molar-refractivity contribution is 0.669. The zero-order valence-corrected chi connectivity index (χ0v) is 84.0. The van der Waals surface area contributed by atoms with Crippen molar-refractivity contribution < 1.29 is 4.42 Å². The van der Waals surface area contributed by atoms with Gasteiger partial charge < -0.3 is 4.42 Å². The first-order valence-corrected chi connectivity index (χ1v) is 47.3. The molecule has 0 atom stereocenters. The number of fused-ring (bicyclic) bond motifs is 6. The largest absolute Gasteiger partial charge is 0.456 e. The summed E-state index contributed by atoms with van der Waals surface area (Å²) in [6.45, 7) is 60.7. The van der Waals surface area contributed by atoms with Crippen LogP contribution in [0.2, 0.25) is 0 Å². The highest BCUT2D eigenvalue weighted by atomic mass is 16.3. The van der Waals surface area contributed by atoms with Gasteiger partial charge in [0.05, 0.1) is 0 Å². The van der Waals surface area contributed by atoms with Crippen molar-refractivity contribution in [2.75, 3.05) is 0 Å². The molecular formula is C126H162O. The zero-order chi connectivity index (χ0) is 95.5. The lowest BCUT2D eigenvalue weighted by Crippen LogP contribution is -1.80. The number of rotatable bonds is 4. The normalized spacial score (nSPS) is 8.71. The third-order valence-corrected chi connectivity index (χ3v) is 17.2. The number of aryl methyl sites for hydroxylation is 6. The van der Waals surface area contributed by atoms with Crippen LogP contribution in [0.4, 0.5) is 0 Å². The van der Waals surface area contributed by atoms with E-state index >= 15 is 0 Å². The molecule has 0 N–H and O–H groups in total. The molecule has 1 nitrogen and oxygen atoms in total. The Kier molecular flexibility index (Phi) is 76.2. The standard InChI is InChI=1S/3C13H12.C12H8O.C12H10.2C11H10.C10H8.C7H8.12C2H6/c1-11-7-5-6-10-13(11)12-8-3-2-4-9-12;1-11-6-5-9-13(10-11)12-7-3-2-4-8-12;1-11-7-9-13(10-8-11)12-5-3-2-4-6-12;1-3-7-11-9(5-1)10-6-2-4-8-12(10)13-11;1-3-7-11(8-4-1)12-9-5-2-6-10-12;1-9-5-4-7-10-6-2-3-8-11(9)10;1-9-6-7-10-4-2-3-5-11(10)8-9;1-2-6-10-8-4-3-7-9(10)5-1;1-7-5-3-2-4-6-7;12*1-2/h3*2-10H,1H3;1-8H;1-10H;2*2-8H,1H3;1-8H;2-6H,1H3;12*1-2H3. The van der Waals surface area contributed by atoms with Crippen molar-refractivity contribution in [1.29, 1.82) is 0 Å². The van der Waals surface area contributed by atoms with E-state index in [9.17, 15) is 0 Å². The van der Waals surface area contributed by atoms with Crippen LogP contribution in [-0.2, 0) is 0 Å². The van der Waals surface area contributed by atoms with Crippen molar-refractivity contribution in [3.8, 4) is 44.5 Å². The predicted octanol–water partition coefficient (Wildman–Crippen LogP) is 41.4. The highest BCUT2D eigenvalue weighted by molar-refractivity contribution is 6.04. The van der Waals surface area contributed by atoms with E-state index in [1.807, 2.05) is 251 Å². The Balaban J connectivity index is -0.00000132. The third-order valence-electron chi connectivity index (χ3n) is 17.2. The molecular weight excluding hydrogens is 1530 g/mol. The molecule has 0 spiro atoms. The van der Waals surface area contributed by atoms with Gasteiger partial charge in [0.15, 0.2) is 0 Å². The van der Waals surface area contributed by atoms with Crippen molar-refractivity contribution in [3.63, 3.8) is 0 Å². The Hall–Kier alpha value is -12.7. The van der Waals surface area contributed by atoms with Crippen LogP contribution >= 0.6 is 0 Å². The Labute approximate surface area is 775 Å². The van der Waals surface area contributed by atoms with Crippen LogP contribution in [0.1, 0.15) is 200 Å². The molecule has 1 heterocycles. The van der Waals surface area contributed by atoms with Crippen molar-refractivity contribution in [2.45, 2.75) is 208 Å². The molecule has 18 aromatic rings. The fourth-order valence-electron chi connectivity index (χ4n) is 11.6. The molecule has 127 heavy (non-hydrogen) atoms. The molecule has 0 aliphatic heterocycles. The lowest BCUT2D eigenvalue weighted by atomic mass is 10.0. The van der Waals surface area contributed by atoms with Crippen molar-refractivity contribution in [1.82, 2.24) is 0 Å². The second kappa shape index (κ2) is 81.7. The van der Waals surface area contributed by atoms with Gasteiger partial charge in [0.2, 0.25) is 0 Å². The molecule has 0 radical (unpaired) electrons. The quantitative estimate of drug-likeness (QED) is 0.171. The maximum Gasteiger partial charge on any atom is 0.135 e. The molecule has 0 saturated carbocycles. The molecule has 0 aliphatic rings. The first kappa shape index (κ1) is 118. The number of furan rings is 1. The second-order valence-corrected chi connectivity index (χ2v) is 25.1. The molecule has 17 aromatic carbocycles. The van der Waals surface area contributed by atoms with Crippen LogP contribution in [-0.4, -0.2) is 0 Å². The van der Waals surface area contributed by atoms with Crippen LogP contribution in [0.5, 0.6) is 0 Å². The van der Waals surface area contributed by atoms with E-state index in [-0.39, 0.29) is 0 Å². The van der Waals surface area contributed by atoms with Gasteiger partial charge in [0.25, 0.3) is 0 Å². The summed E-state index contributed by atoms with van der Waals surface area (Å²) < 4.78 is 5.65. The molecule has 0 aliphatic carbocycles. The van der Waals surface area contributed by atoms with Gasteiger partial charge in [-0.25, -0.2) is 0 Å². The number of para-hydroxylation sites is 2. The summed E-state index contributed by atoms with van der Waals surface area (Å²) in [6.07, 6.45) is 0. The zero-order valence-electron chi connectivity index (χ0n) is 84.0. The summed E-state index contributed by atoms with van der Waals surface area (Å²) in [7, 11) is 0. The molecule has 1 heteroatoms. The minimum Gasteiger partial charge on any atom is -0.456 e. The third kappa shape index (κ3) is 47.8. The molecule has 18 rings (SSSR count). The molecule has 1 aromatic heterocycles. The fourth-order valence-corrected chi connectivity index (χ4v) is 11.6. The predicted molar refractivity (Wildman–Crippen MR) is 584 cm³/mol. The monoisotopic (exact) mass is 1690 g/mol. The summed E-state index contributed by atoms with van der Waals surface area (Å²) in [4.78, 5) is 0. The SMILES string of the molecule is CC.CC.CC.CC.CC.CC.CC.CC.CC.CC.CC.CC.Cc1ccc(-c2ccccc2)cc1.Cc1ccc2ccccc2c1.Cc1cccc(-c2ccccc2)c1.Cc1cccc2ccccc12.Cc1ccccc1.Cc1ccccc1-c1ccccc1.c1ccc(-c2ccccc2)cc1.c1ccc2c(c1)oc1ccccc12.c1ccc2ccccc2c1. The molecule has 0 bridgehead atoms. The van der Waals surface area contributed by atoms with Gasteiger partial charge in [-0.1, -0.05) is 613 Å². The van der Waals surface area contributed by atoms with Gasteiger partial charge in [-0.2, -0.15) is 0 Å². The molecule has 0 fully saturated rings. The Morgan fingerprint density at radius 1 is 0.134 bits per heavy atom. The van der Waals surface area contributed by atoms with E-state index < -0.39 is 0 Å². The highest BCUT2D eigenvalue weighted by Gasteiger charge is 2.04. The van der Waals surface area contributed by atoms with Crippen LogP contribution in [0, 0.1) is 41.5 Å². The highest BCUT2D eigenvalue weighted by Crippen LogP contribution is 2.29. The van der Waals surface area contributed by atoms with Crippen LogP contribution in [0.3, 0.4) is 0 Å². The Bertz CT molecular complexity index is 5250. The number of hydrogen-bond acceptors (Lipinski definition) is 1. The molecule has 672 valence electrons. The van der Waals surface area contributed by atoms with E-state index in [1.165, 1.54) is 121 Å². The van der Waals surface area contributed by atoms with Crippen LogP contribution in [0.25, 0.3) is 98.8 Å². The minimum atomic E-state index is 0.962. The van der Waals surface area contributed by atoms with Gasteiger partial charge >= 0.3 is 0 Å². The first-order valence-electron chi connectivity index (χ1n) is 47.3. The van der Waals surface area contributed by atoms with Gasteiger partial charge in [0, 0.05) is 10.8 Å². The van der Waals surface area contributed by atoms with Crippen LogP contribution < -0.4 is 0 Å². The average molecular weight is 1690 g/mol. The molecule has 0 saturated heterocycles. The average Bonchev–Trinajstić information content (AvgIpc) is 1.62. The van der Waals surface area contributed by atoms with Crippen molar-refractivity contribution in [2.24, 2.45) is 0 Å². The maximum absolute atomic E-state index is 5.65. The van der Waals surface area contributed by atoms with E-state index in [0.29, 0.717) is 0 Å². The van der Waals surface area contributed by atoms with Gasteiger partial charge in [-0.15, -0.1) is 0 Å². The van der Waals surface area contributed by atoms with E-state index in [4.69, 9.17) is 4.42 Å². The maximum atomic E-state index is 5.65. The smallest absolute Gasteiger partial charge is 0.135 e. The van der Waals surface area contributed by atoms with Crippen molar-refractivity contribution in [3.05, 3.63) is 470 Å². The molecule has 0 unspecified atom stereocenters. The fraction of sp³-hybridized carbons (Fsp3) is 0.238. The summed E-state index contributed by atoms with van der Waals surface area (Å²) >= 11 is 0. The summed E-state index contributed by atoms with van der Waals surface area (Å²) in [5, 5.41) is 10.3. The second-order valence-electron chi connectivity index (χ2n) is 25.1. The van der Waals surface area contributed by atoms with Gasteiger partial charge in [-0.3, -0.25) is 0 Å². The lowest BCUT2D eigenvalue weighted by Gasteiger charge is -2.04. The number of benzene rings is 17. The van der Waals surface area contributed by atoms with E-state index in [1.54, 1.807) is 0 Å². The van der Waals surface area contributed by atoms with E-state index in [2.05, 4.69) is 393 Å². The Morgan fingerprint density at radius 3 is 0.732 bits per heavy atom. The van der Waals surface area contributed by atoms with Gasteiger partial charge in [0.1, 0.15) is 11.2 Å².